The maximum absolute atomic E-state index is 12.7. The molecular weight excluding hydrogens is 354 g/mol. The number of rotatable bonds is 4. The Morgan fingerprint density at radius 1 is 1.25 bits per heavy atom. The van der Waals surface area contributed by atoms with Crippen molar-refractivity contribution < 1.29 is 9.53 Å². The zero-order valence-electron chi connectivity index (χ0n) is 17.5. The molecule has 1 aliphatic heterocycles. The van der Waals surface area contributed by atoms with Gasteiger partial charge in [-0.15, -0.1) is 0 Å². The Bertz CT molecular complexity index is 833. The second-order valence-electron chi connectivity index (χ2n) is 8.34. The van der Waals surface area contributed by atoms with Gasteiger partial charge >= 0.3 is 6.09 Å². The van der Waals surface area contributed by atoms with Gasteiger partial charge in [0.05, 0.1) is 17.1 Å². The van der Waals surface area contributed by atoms with Gasteiger partial charge in [-0.25, -0.2) is 14.8 Å². The van der Waals surface area contributed by atoms with Crippen LogP contribution in [0.4, 0.5) is 16.4 Å². The van der Waals surface area contributed by atoms with Gasteiger partial charge in [0.15, 0.2) is 11.6 Å². The largest absolute Gasteiger partial charge is 0.444 e. The van der Waals surface area contributed by atoms with E-state index in [1.807, 2.05) is 64.0 Å². The number of ether oxygens (including phenoxy) is 1. The molecule has 7 heteroatoms. The second-order valence-corrected chi connectivity index (χ2v) is 8.34. The summed E-state index contributed by atoms with van der Waals surface area (Å²) < 4.78 is 5.63. The van der Waals surface area contributed by atoms with Gasteiger partial charge in [-0.05, 0) is 52.2 Å². The number of amides is 1. The number of likely N-dealkylation sites (N-methyl/N-ethyl adjacent to an activating group) is 1. The van der Waals surface area contributed by atoms with E-state index in [9.17, 15) is 4.79 Å². The summed E-state index contributed by atoms with van der Waals surface area (Å²) in [5, 5.41) is 3.15. The number of aromatic nitrogens is 2. The summed E-state index contributed by atoms with van der Waals surface area (Å²) in [4.78, 5) is 26.1. The van der Waals surface area contributed by atoms with Crippen molar-refractivity contribution in [2.24, 2.45) is 0 Å². The van der Waals surface area contributed by atoms with Crippen LogP contribution in [0.5, 0.6) is 0 Å². The van der Waals surface area contributed by atoms with Crippen LogP contribution in [0, 0.1) is 0 Å². The molecule has 1 atom stereocenters. The highest BCUT2D eigenvalue weighted by molar-refractivity contribution is 5.80. The van der Waals surface area contributed by atoms with E-state index in [0.29, 0.717) is 6.54 Å². The van der Waals surface area contributed by atoms with Crippen LogP contribution in [0.15, 0.2) is 24.3 Å². The Balaban J connectivity index is 1.81. The van der Waals surface area contributed by atoms with Crippen molar-refractivity contribution in [1.82, 2.24) is 14.9 Å². The number of likely N-dealkylation sites (tertiary alicyclic amines) is 1. The highest BCUT2D eigenvalue weighted by atomic mass is 16.6. The molecule has 1 aliphatic rings. The average Bonchev–Trinajstić information content (AvgIpc) is 2.65. The first kappa shape index (κ1) is 20.2. The van der Waals surface area contributed by atoms with Crippen LogP contribution in [0.25, 0.3) is 11.0 Å². The van der Waals surface area contributed by atoms with Crippen molar-refractivity contribution >= 4 is 28.8 Å². The number of carbonyl (C=O) groups is 1. The van der Waals surface area contributed by atoms with Crippen LogP contribution in [0.1, 0.15) is 40.0 Å². The maximum Gasteiger partial charge on any atom is 0.410 e. The fourth-order valence-electron chi connectivity index (χ4n) is 3.58. The van der Waals surface area contributed by atoms with Gasteiger partial charge in [0, 0.05) is 27.2 Å². The van der Waals surface area contributed by atoms with Gasteiger partial charge in [0.1, 0.15) is 5.60 Å². The summed E-state index contributed by atoms with van der Waals surface area (Å²) in [6.07, 6.45) is 2.85. The normalized spacial score (nSPS) is 17.5. The van der Waals surface area contributed by atoms with E-state index >= 15 is 0 Å². The van der Waals surface area contributed by atoms with Gasteiger partial charge in [0.25, 0.3) is 0 Å². The highest BCUT2D eigenvalue weighted by Crippen LogP contribution is 2.26. The number of carbonyl (C=O) groups excluding carboxylic acids is 1. The lowest BCUT2D eigenvalue weighted by Crippen LogP contribution is -2.50. The van der Waals surface area contributed by atoms with Gasteiger partial charge < -0.3 is 19.9 Å². The Morgan fingerprint density at radius 3 is 2.57 bits per heavy atom. The third-order valence-electron chi connectivity index (χ3n) is 4.89. The molecule has 7 nitrogen and oxygen atoms in total. The van der Waals surface area contributed by atoms with Crippen molar-refractivity contribution in [3.63, 3.8) is 0 Å². The molecule has 28 heavy (non-hydrogen) atoms. The summed E-state index contributed by atoms with van der Waals surface area (Å²) in [5.74, 6) is 1.52. The number of hydrogen-bond donors (Lipinski definition) is 1. The number of benzene rings is 1. The molecule has 1 fully saturated rings. The lowest BCUT2D eigenvalue weighted by Gasteiger charge is -2.38. The number of nitrogens with one attached hydrogen (secondary N) is 1. The number of anilines is 2. The summed E-state index contributed by atoms with van der Waals surface area (Å²) in [6, 6.07) is 7.93. The minimum absolute atomic E-state index is 0.0894. The maximum atomic E-state index is 12.7. The zero-order chi connectivity index (χ0) is 20.3. The fourth-order valence-corrected chi connectivity index (χ4v) is 3.58. The first-order valence-corrected chi connectivity index (χ1v) is 9.94. The lowest BCUT2D eigenvalue weighted by atomic mass is 10.0. The van der Waals surface area contributed by atoms with Gasteiger partial charge in [-0.1, -0.05) is 12.1 Å². The SMILES string of the molecule is CNc1nc2ccccc2nc1N(C)C[C@@H]1CCCCN1C(=O)OC(C)(C)C. The molecule has 0 bridgehead atoms. The van der Waals surface area contributed by atoms with E-state index in [0.717, 1.165) is 48.5 Å². The van der Waals surface area contributed by atoms with E-state index in [1.165, 1.54) is 0 Å². The van der Waals surface area contributed by atoms with Crippen molar-refractivity contribution in [2.45, 2.75) is 51.7 Å². The molecule has 0 aliphatic carbocycles. The standard InChI is InChI=1S/C21H31N5O2/c1-21(2,3)28-20(27)26-13-9-8-10-15(26)14-25(5)19-18(22-4)23-16-11-6-7-12-17(16)24-19/h6-7,11-12,15H,8-10,13-14H2,1-5H3,(H,22,23)/t15-/m0/s1. The molecule has 2 heterocycles. The molecule has 0 spiro atoms. The molecule has 1 saturated heterocycles. The average molecular weight is 386 g/mol. The Kier molecular flexibility index (Phi) is 5.91. The van der Waals surface area contributed by atoms with Crippen molar-refractivity contribution in [3.05, 3.63) is 24.3 Å². The highest BCUT2D eigenvalue weighted by Gasteiger charge is 2.31. The van der Waals surface area contributed by atoms with Crippen LogP contribution in [0.3, 0.4) is 0 Å². The molecule has 0 saturated carbocycles. The van der Waals surface area contributed by atoms with Crippen molar-refractivity contribution in [2.75, 3.05) is 37.4 Å². The first-order valence-electron chi connectivity index (χ1n) is 9.94. The quantitative estimate of drug-likeness (QED) is 0.861. The summed E-state index contributed by atoms with van der Waals surface area (Å²) in [6.45, 7) is 7.12. The lowest BCUT2D eigenvalue weighted by molar-refractivity contribution is 0.0108. The molecule has 0 radical (unpaired) electrons. The van der Waals surface area contributed by atoms with Gasteiger partial charge in [0.2, 0.25) is 0 Å². The molecule has 3 rings (SSSR count). The van der Waals surface area contributed by atoms with Crippen molar-refractivity contribution in [1.29, 1.82) is 0 Å². The fraction of sp³-hybridized carbons (Fsp3) is 0.571. The molecule has 1 aromatic carbocycles. The minimum atomic E-state index is -0.492. The van der Waals surface area contributed by atoms with Crippen LogP contribution in [0.2, 0.25) is 0 Å². The first-order chi connectivity index (χ1) is 13.3. The zero-order valence-corrected chi connectivity index (χ0v) is 17.5. The molecule has 1 amide bonds. The molecule has 1 aromatic heterocycles. The molecular formula is C21H31N5O2. The molecule has 2 aromatic rings. The summed E-state index contributed by atoms with van der Waals surface area (Å²) in [7, 11) is 3.85. The van der Waals surface area contributed by atoms with Gasteiger partial charge in [-0.2, -0.15) is 0 Å². The smallest absolute Gasteiger partial charge is 0.410 e. The molecule has 1 N–H and O–H groups in total. The van der Waals surface area contributed by atoms with Crippen LogP contribution >= 0.6 is 0 Å². The second kappa shape index (κ2) is 8.20. The van der Waals surface area contributed by atoms with E-state index in [1.54, 1.807) is 0 Å². The Morgan fingerprint density at radius 2 is 1.93 bits per heavy atom. The number of piperidine rings is 1. The number of para-hydroxylation sites is 2. The third kappa shape index (κ3) is 4.64. The Hall–Kier alpha value is -2.57. The van der Waals surface area contributed by atoms with Crippen LogP contribution in [-0.4, -0.2) is 59.8 Å². The molecule has 0 unspecified atom stereocenters. The predicted octanol–water partition coefficient (Wildman–Crippen LogP) is 3.90. The van der Waals surface area contributed by atoms with Gasteiger partial charge in [-0.3, -0.25) is 0 Å². The van der Waals surface area contributed by atoms with Crippen molar-refractivity contribution in [3.8, 4) is 0 Å². The van der Waals surface area contributed by atoms with E-state index < -0.39 is 5.60 Å². The monoisotopic (exact) mass is 385 g/mol. The topological polar surface area (TPSA) is 70.6 Å². The number of hydrogen-bond acceptors (Lipinski definition) is 6. The number of nitrogens with zero attached hydrogens (tertiary/aromatic N) is 4. The van der Waals surface area contributed by atoms with E-state index in [4.69, 9.17) is 9.72 Å². The van der Waals surface area contributed by atoms with Crippen LogP contribution in [-0.2, 0) is 4.74 Å². The van der Waals surface area contributed by atoms with Crippen LogP contribution < -0.4 is 10.2 Å². The summed E-state index contributed by atoms with van der Waals surface area (Å²) >= 11 is 0. The molecule has 152 valence electrons. The van der Waals surface area contributed by atoms with E-state index in [-0.39, 0.29) is 12.1 Å². The summed E-state index contributed by atoms with van der Waals surface area (Å²) in [5.41, 5.74) is 1.22. The van der Waals surface area contributed by atoms with E-state index in [2.05, 4.69) is 15.2 Å². The number of fused-ring (bicyclic) bond motifs is 1. The predicted molar refractivity (Wildman–Crippen MR) is 113 cm³/mol. The third-order valence-corrected chi connectivity index (χ3v) is 4.89. The minimum Gasteiger partial charge on any atom is -0.444 e. The Labute approximate surface area is 167 Å².